The summed E-state index contributed by atoms with van der Waals surface area (Å²) < 4.78 is 28.9. The number of hydrogen-bond donors (Lipinski definition) is 2. The molecular formula is C15H24BrF2N3. The Kier molecular flexibility index (Phi) is 6.71. The van der Waals surface area contributed by atoms with E-state index in [1.54, 1.807) is 0 Å². The molecule has 0 radical (unpaired) electrons. The molecule has 0 heterocycles. The smallest absolute Gasteiger partial charge is 0.145 e. The third-order valence-corrected chi connectivity index (χ3v) is 4.97. The van der Waals surface area contributed by atoms with Gasteiger partial charge in [-0.25, -0.2) is 8.78 Å². The second kappa shape index (κ2) is 7.63. The lowest BCUT2D eigenvalue weighted by Gasteiger charge is -2.45. The highest BCUT2D eigenvalue weighted by molar-refractivity contribution is 9.10. The molecule has 0 aliphatic carbocycles. The van der Waals surface area contributed by atoms with Gasteiger partial charge in [-0.2, -0.15) is 0 Å². The summed E-state index contributed by atoms with van der Waals surface area (Å²) in [7, 11) is 0. The molecule has 0 bridgehead atoms. The number of likely N-dealkylation sites (N-methyl/N-ethyl adjacent to an activating group) is 1. The zero-order valence-corrected chi connectivity index (χ0v) is 14.6. The van der Waals surface area contributed by atoms with Crippen LogP contribution < -0.4 is 11.3 Å². The fourth-order valence-corrected chi connectivity index (χ4v) is 3.28. The van der Waals surface area contributed by atoms with Gasteiger partial charge in [0.05, 0.1) is 10.5 Å². The van der Waals surface area contributed by atoms with Crippen molar-refractivity contribution < 1.29 is 8.78 Å². The van der Waals surface area contributed by atoms with Crippen LogP contribution in [0.4, 0.5) is 8.78 Å². The Bertz CT molecular complexity index is 480. The van der Waals surface area contributed by atoms with Crippen LogP contribution in [0.15, 0.2) is 16.6 Å². The van der Waals surface area contributed by atoms with Crippen LogP contribution >= 0.6 is 15.9 Å². The molecule has 0 aromatic heterocycles. The van der Waals surface area contributed by atoms with Crippen molar-refractivity contribution in [3.05, 3.63) is 33.8 Å². The largest absolute Gasteiger partial charge is 0.297 e. The minimum absolute atomic E-state index is 0.0249. The highest BCUT2D eigenvalue weighted by atomic mass is 79.9. The van der Waals surface area contributed by atoms with Gasteiger partial charge in [-0.3, -0.25) is 16.2 Å². The normalized spacial score (nSPS) is 16.0. The summed E-state index contributed by atoms with van der Waals surface area (Å²) in [5, 5.41) is 0. The Morgan fingerprint density at radius 1 is 1.29 bits per heavy atom. The van der Waals surface area contributed by atoms with Crippen LogP contribution in [-0.2, 0) is 0 Å². The third-order valence-electron chi connectivity index (χ3n) is 4.36. The average Bonchev–Trinajstić information content (AvgIpc) is 2.48. The van der Waals surface area contributed by atoms with Crippen LogP contribution in [0.3, 0.4) is 0 Å². The summed E-state index contributed by atoms with van der Waals surface area (Å²) in [6, 6.07) is 1.97. The molecule has 3 N–H and O–H groups in total. The summed E-state index contributed by atoms with van der Waals surface area (Å²) >= 11 is 3.11. The van der Waals surface area contributed by atoms with Crippen LogP contribution in [0, 0.1) is 11.6 Å². The number of nitrogens with one attached hydrogen (secondary N) is 1. The molecular weight excluding hydrogens is 340 g/mol. The molecule has 21 heavy (non-hydrogen) atoms. The monoisotopic (exact) mass is 363 g/mol. The Morgan fingerprint density at radius 2 is 1.86 bits per heavy atom. The average molecular weight is 364 g/mol. The van der Waals surface area contributed by atoms with Gasteiger partial charge in [0, 0.05) is 11.1 Å². The molecule has 0 saturated heterocycles. The molecule has 0 amide bonds. The fourth-order valence-electron chi connectivity index (χ4n) is 2.94. The van der Waals surface area contributed by atoms with E-state index in [0.717, 1.165) is 13.1 Å². The van der Waals surface area contributed by atoms with Gasteiger partial charge in [0.15, 0.2) is 0 Å². The first-order valence-electron chi connectivity index (χ1n) is 7.21. The molecule has 0 fully saturated rings. The molecule has 120 valence electrons. The van der Waals surface area contributed by atoms with E-state index in [4.69, 9.17) is 5.84 Å². The molecule has 1 rings (SSSR count). The number of hydrogen-bond acceptors (Lipinski definition) is 3. The highest BCUT2D eigenvalue weighted by Crippen LogP contribution is 2.37. The molecule has 0 saturated carbocycles. The van der Waals surface area contributed by atoms with Crippen LogP contribution in [0.2, 0.25) is 0 Å². The topological polar surface area (TPSA) is 41.3 Å². The quantitative estimate of drug-likeness (QED) is 0.440. The van der Waals surface area contributed by atoms with Gasteiger partial charge in [0.2, 0.25) is 0 Å². The van der Waals surface area contributed by atoms with Crippen molar-refractivity contribution in [1.82, 2.24) is 10.3 Å². The van der Waals surface area contributed by atoms with Crippen molar-refractivity contribution in [3.8, 4) is 0 Å². The van der Waals surface area contributed by atoms with Gasteiger partial charge >= 0.3 is 0 Å². The van der Waals surface area contributed by atoms with E-state index in [1.807, 2.05) is 27.7 Å². The molecule has 1 aromatic rings. The molecule has 6 heteroatoms. The first-order valence-corrected chi connectivity index (χ1v) is 8.01. The number of nitrogens with zero attached hydrogens (tertiary/aromatic N) is 1. The van der Waals surface area contributed by atoms with E-state index < -0.39 is 23.2 Å². The maximum atomic E-state index is 14.4. The van der Waals surface area contributed by atoms with E-state index >= 15 is 0 Å². The molecule has 0 spiro atoms. The number of rotatable bonds is 7. The van der Waals surface area contributed by atoms with E-state index in [-0.39, 0.29) is 10.0 Å². The van der Waals surface area contributed by atoms with E-state index in [9.17, 15) is 8.78 Å². The minimum Gasteiger partial charge on any atom is -0.297 e. The van der Waals surface area contributed by atoms with Gasteiger partial charge in [-0.1, -0.05) is 20.8 Å². The van der Waals surface area contributed by atoms with Gasteiger partial charge in [0.1, 0.15) is 11.6 Å². The molecule has 2 atom stereocenters. The SMILES string of the molecule is CCN(CC)C(C)(CC)C(NN)c1c(F)ccc(Br)c1F. The zero-order chi connectivity index (χ0) is 16.2. The van der Waals surface area contributed by atoms with Crippen LogP contribution in [-0.4, -0.2) is 23.5 Å². The van der Waals surface area contributed by atoms with Crippen LogP contribution in [0.25, 0.3) is 0 Å². The molecule has 2 unspecified atom stereocenters. The lowest BCUT2D eigenvalue weighted by molar-refractivity contribution is 0.0669. The standard InChI is InChI=1S/C15H24BrF2N3/c1-5-15(4,21(6-2)7-3)14(20-19)12-11(17)9-8-10(16)13(12)18/h8-9,14,20H,5-7,19H2,1-4H3. The first-order chi connectivity index (χ1) is 9.87. The predicted octanol–water partition coefficient (Wildman–Crippen LogP) is 3.74. The molecule has 0 aliphatic heterocycles. The van der Waals surface area contributed by atoms with Crippen molar-refractivity contribution in [2.75, 3.05) is 13.1 Å². The Labute approximate surface area is 134 Å². The summed E-state index contributed by atoms with van der Waals surface area (Å²) in [5.74, 6) is 4.48. The van der Waals surface area contributed by atoms with Crippen molar-refractivity contribution >= 4 is 15.9 Å². The zero-order valence-electron chi connectivity index (χ0n) is 13.0. The van der Waals surface area contributed by atoms with Crippen molar-refractivity contribution in [3.63, 3.8) is 0 Å². The Hall–Kier alpha value is -0.560. The van der Waals surface area contributed by atoms with Crippen molar-refractivity contribution in [2.24, 2.45) is 5.84 Å². The van der Waals surface area contributed by atoms with E-state index in [1.165, 1.54) is 12.1 Å². The summed E-state index contributed by atoms with van der Waals surface area (Å²) in [6.45, 7) is 9.57. The second-order valence-corrected chi connectivity index (χ2v) is 6.09. The maximum Gasteiger partial charge on any atom is 0.145 e. The number of benzene rings is 1. The van der Waals surface area contributed by atoms with Crippen molar-refractivity contribution in [2.45, 2.75) is 45.7 Å². The van der Waals surface area contributed by atoms with Gasteiger partial charge in [-0.15, -0.1) is 0 Å². The number of halogens is 3. The Balaban J connectivity index is 3.45. The third kappa shape index (κ3) is 3.44. The number of nitrogens with two attached hydrogens (primary N) is 1. The minimum atomic E-state index is -0.653. The molecule has 1 aromatic carbocycles. The van der Waals surface area contributed by atoms with E-state index in [2.05, 4.69) is 26.3 Å². The van der Waals surface area contributed by atoms with Crippen molar-refractivity contribution in [1.29, 1.82) is 0 Å². The second-order valence-electron chi connectivity index (χ2n) is 5.24. The summed E-state index contributed by atoms with van der Waals surface area (Å²) in [4.78, 5) is 2.16. The van der Waals surface area contributed by atoms with Crippen LogP contribution in [0.5, 0.6) is 0 Å². The molecule has 0 aliphatic rings. The van der Waals surface area contributed by atoms with Gasteiger partial charge in [0.25, 0.3) is 0 Å². The highest BCUT2D eigenvalue weighted by Gasteiger charge is 2.40. The Morgan fingerprint density at radius 3 is 2.29 bits per heavy atom. The maximum absolute atomic E-state index is 14.4. The molecule has 3 nitrogen and oxygen atoms in total. The van der Waals surface area contributed by atoms with E-state index in [0.29, 0.717) is 6.42 Å². The number of hydrazine groups is 1. The summed E-state index contributed by atoms with van der Waals surface area (Å²) in [5.41, 5.74) is 2.10. The van der Waals surface area contributed by atoms with Crippen LogP contribution in [0.1, 0.15) is 45.7 Å². The fraction of sp³-hybridized carbons (Fsp3) is 0.600. The lowest BCUT2D eigenvalue weighted by Crippen LogP contribution is -2.56. The van der Waals surface area contributed by atoms with Gasteiger partial charge in [-0.05, 0) is 54.5 Å². The first kappa shape index (κ1) is 18.5. The summed E-state index contributed by atoms with van der Waals surface area (Å²) in [6.07, 6.45) is 0.703. The predicted molar refractivity (Wildman–Crippen MR) is 85.7 cm³/mol. The lowest BCUT2D eigenvalue weighted by atomic mass is 9.82. The van der Waals surface area contributed by atoms with Gasteiger partial charge < -0.3 is 0 Å².